The fourth-order valence-electron chi connectivity index (χ4n) is 3.07. The second-order valence-corrected chi connectivity index (χ2v) is 5.63. The molecule has 1 aliphatic carbocycles. The first kappa shape index (κ1) is 13.2. The fourth-order valence-corrected chi connectivity index (χ4v) is 3.07. The summed E-state index contributed by atoms with van der Waals surface area (Å²) in [5.74, 6) is 1.55. The number of nitrogens with zero attached hydrogens (tertiary/aromatic N) is 4. The number of aryl methyl sites for hydroxylation is 1. The van der Waals surface area contributed by atoms with Gasteiger partial charge in [0.2, 0.25) is 11.9 Å². The molecule has 2 heterocycles. The van der Waals surface area contributed by atoms with Gasteiger partial charge in [-0.2, -0.15) is 0 Å². The number of imidazole rings is 1. The number of amides is 1. The SMILES string of the molecule is Cn1ccnc1N1CCN(C(=O)[C@H]2CC=CCC2)CC1. The van der Waals surface area contributed by atoms with Gasteiger partial charge in [-0.1, -0.05) is 12.2 Å². The maximum atomic E-state index is 12.5. The summed E-state index contributed by atoms with van der Waals surface area (Å²) < 4.78 is 2.03. The third-order valence-electron chi connectivity index (χ3n) is 4.29. The van der Waals surface area contributed by atoms with E-state index in [4.69, 9.17) is 0 Å². The smallest absolute Gasteiger partial charge is 0.226 e. The van der Waals surface area contributed by atoms with Crippen LogP contribution < -0.4 is 4.90 Å². The standard InChI is InChI=1S/C15H22N4O/c1-17-8-7-16-15(17)19-11-9-18(10-12-19)14(20)13-5-3-2-4-6-13/h2-3,7-8,13H,4-6,9-12H2,1H3/t13-/m0/s1. The van der Waals surface area contributed by atoms with Gasteiger partial charge in [0.15, 0.2) is 0 Å². The van der Waals surface area contributed by atoms with Crippen LogP contribution in [0.15, 0.2) is 24.5 Å². The zero-order chi connectivity index (χ0) is 13.9. The molecule has 5 nitrogen and oxygen atoms in total. The minimum absolute atomic E-state index is 0.208. The molecule has 0 spiro atoms. The average molecular weight is 274 g/mol. The number of rotatable bonds is 2. The Labute approximate surface area is 119 Å². The molecule has 1 atom stereocenters. The van der Waals surface area contributed by atoms with Gasteiger partial charge in [-0.15, -0.1) is 0 Å². The van der Waals surface area contributed by atoms with Crippen LogP contribution in [0.4, 0.5) is 5.95 Å². The molecule has 2 aliphatic rings. The molecule has 0 unspecified atom stereocenters. The number of hydrogen-bond donors (Lipinski definition) is 0. The number of anilines is 1. The molecule has 0 N–H and O–H groups in total. The van der Waals surface area contributed by atoms with Crippen LogP contribution in [0.1, 0.15) is 19.3 Å². The summed E-state index contributed by atoms with van der Waals surface area (Å²) >= 11 is 0. The van der Waals surface area contributed by atoms with Gasteiger partial charge in [-0.25, -0.2) is 4.98 Å². The average Bonchev–Trinajstić information content (AvgIpc) is 2.94. The molecule has 1 aromatic rings. The quantitative estimate of drug-likeness (QED) is 0.766. The second-order valence-electron chi connectivity index (χ2n) is 5.63. The zero-order valence-electron chi connectivity index (χ0n) is 12.0. The normalized spacial score (nSPS) is 23.1. The predicted octanol–water partition coefficient (Wildman–Crippen LogP) is 1.43. The van der Waals surface area contributed by atoms with Gasteiger partial charge in [-0.3, -0.25) is 4.79 Å². The summed E-state index contributed by atoms with van der Waals surface area (Å²) in [6.45, 7) is 3.37. The number of piperazine rings is 1. The molecule has 5 heteroatoms. The Morgan fingerprint density at radius 3 is 2.65 bits per heavy atom. The van der Waals surface area contributed by atoms with E-state index >= 15 is 0 Å². The lowest BCUT2D eigenvalue weighted by molar-refractivity contribution is -0.136. The molecular weight excluding hydrogens is 252 g/mol. The van der Waals surface area contributed by atoms with Gasteiger partial charge >= 0.3 is 0 Å². The van der Waals surface area contributed by atoms with Crippen molar-refractivity contribution in [2.24, 2.45) is 13.0 Å². The van der Waals surface area contributed by atoms with Crippen molar-refractivity contribution in [3.05, 3.63) is 24.5 Å². The summed E-state index contributed by atoms with van der Waals surface area (Å²) in [4.78, 5) is 21.1. The van der Waals surface area contributed by atoms with E-state index in [1.807, 2.05) is 28.9 Å². The van der Waals surface area contributed by atoms with Gasteiger partial charge in [0.25, 0.3) is 0 Å². The summed E-state index contributed by atoms with van der Waals surface area (Å²) in [6, 6.07) is 0. The second kappa shape index (κ2) is 5.69. The Balaban J connectivity index is 1.57. The Morgan fingerprint density at radius 2 is 2.05 bits per heavy atom. The van der Waals surface area contributed by atoms with Gasteiger partial charge < -0.3 is 14.4 Å². The molecule has 1 aromatic heterocycles. The van der Waals surface area contributed by atoms with Crippen LogP contribution in [0.25, 0.3) is 0 Å². The first-order valence-electron chi connectivity index (χ1n) is 7.42. The summed E-state index contributed by atoms with van der Waals surface area (Å²) in [7, 11) is 2.01. The summed E-state index contributed by atoms with van der Waals surface area (Å²) in [5.41, 5.74) is 0. The van der Waals surface area contributed by atoms with E-state index in [-0.39, 0.29) is 5.92 Å². The van der Waals surface area contributed by atoms with E-state index in [0.717, 1.165) is 51.4 Å². The van der Waals surface area contributed by atoms with E-state index in [2.05, 4.69) is 22.0 Å². The van der Waals surface area contributed by atoms with Crippen molar-refractivity contribution in [1.82, 2.24) is 14.5 Å². The van der Waals surface area contributed by atoms with Crippen molar-refractivity contribution in [3.8, 4) is 0 Å². The monoisotopic (exact) mass is 274 g/mol. The maximum absolute atomic E-state index is 12.5. The number of carbonyl (C=O) groups is 1. The van der Waals surface area contributed by atoms with Gasteiger partial charge in [0.1, 0.15) is 0 Å². The molecule has 20 heavy (non-hydrogen) atoms. The highest BCUT2D eigenvalue weighted by molar-refractivity contribution is 5.79. The van der Waals surface area contributed by atoms with Crippen LogP contribution in [-0.4, -0.2) is 46.5 Å². The lowest BCUT2D eigenvalue weighted by atomic mass is 9.93. The Hall–Kier alpha value is -1.78. The largest absolute Gasteiger partial charge is 0.339 e. The maximum Gasteiger partial charge on any atom is 0.226 e. The molecule has 1 aliphatic heterocycles. The first-order valence-corrected chi connectivity index (χ1v) is 7.42. The van der Waals surface area contributed by atoms with Crippen molar-refractivity contribution in [1.29, 1.82) is 0 Å². The van der Waals surface area contributed by atoms with Crippen molar-refractivity contribution in [2.45, 2.75) is 19.3 Å². The molecule has 0 aromatic carbocycles. The Kier molecular flexibility index (Phi) is 3.76. The number of allylic oxidation sites excluding steroid dienone is 2. The van der Waals surface area contributed by atoms with Gasteiger partial charge in [0.05, 0.1) is 0 Å². The van der Waals surface area contributed by atoms with Crippen LogP contribution in [-0.2, 0) is 11.8 Å². The highest BCUT2D eigenvalue weighted by atomic mass is 16.2. The van der Waals surface area contributed by atoms with Crippen molar-refractivity contribution < 1.29 is 4.79 Å². The van der Waals surface area contributed by atoms with E-state index < -0.39 is 0 Å². The van der Waals surface area contributed by atoms with E-state index in [9.17, 15) is 4.79 Å². The third-order valence-corrected chi connectivity index (χ3v) is 4.29. The van der Waals surface area contributed by atoms with Gasteiger partial charge in [-0.05, 0) is 19.3 Å². The molecular formula is C15H22N4O. The fraction of sp³-hybridized carbons (Fsp3) is 0.600. The Morgan fingerprint density at radius 1 is 1.25 bits per heavy atom. The van der Waals surface area contributed by atoms with Crippen molar-refractivity contribution in [2.75, 3.05) is 31.1 Å². The molecule has 0 radical (unpaired) electrons. The highest BCUT2D eigenvalue weighted by Gasteiger charge is 2.28. The van der Waals surface area contributed by atoms with E-state index in [0.29, 0.717) is 5.91 Å². The highest BCUT2D eigenvalue weighted by Crippen LogP contribution is 2.22. The lowest BCUT2D eigenvalue weighted by Crippen LogP contribution is -2.51. The van der Waals surface area contributed by atoms with Crippen LogP contribution in [0, 0.1) is 5.92 Å². The third kappa shape index (κ3) is 2.57. The van der Waals surface area contributed by atoms with Gasteiger partial charge in [0, 0.05) is 51.5 Å². The molecule has 3 rings (SSSR count). The minimum atomic E-state index is 0.208. The first-order chi connectivity index (χ1) is 9.75. The van der Waals surface area contributed by atoms with Crippen LogP contribution >= 0.6 is 0 Å². The van der Waals surface area contributed by atoms with Crippen molar-refractivity contribution in [3.63, 3.8) is 0 Å². The van der Waals surface area contributed by atoms with E-state index in [1.54, 1.807) is 0 Å². The van der Waals surface area contributed by atoms with Crippen LogP contribution in [0.2, 0.25) is 0 Å². The van der Waals surface area contributed by atoms with Crippen molar-refractivity contribution >= 4 is 11.9 Å². The van der Waals surface area contributed by atoms with Crippen LogP contribution in [0.5, 0.6) is 0 Å². The number of aromatic nitrogens is 2. The van der Waals surface area contributed by atoms with E-state index in [1.165, 1.54) is 0 Å². The zero-order valence-corrected chi connectivity index (χ0v) is 12.0. The van der Waals surface area contributed by atoms with Crippen LogP contribution in [0.3, 0.4) is 0 Å². The molecule has 1 amide bonds. The minimum Gasteiger partial charge on any atom is -0.339 e. The molecule has 0 bridgehead atoms. The Bertz CT molecular complexity index is 500. The molecule has 1 saturated heterocycles. The topological polar surface area (TPSA) is 41.4 Å². The lowest BCUT2D eigenvalue weighted by Gasteiger charge is -2.37. The summed E-state index contributed by atoms with van der Waals surface area (Å²) in [5, 5.41) is 0. The molecule has 0 saturated carbocycles. The number of carbonyl (C=O) groups excluding carboxylic acids is 1. The number of hydrogen-bond acceptors (Lipinski definition) is 3. The molecule has 1 fully saturated rings. The molecule has 108 valence electrons. The predicted molar refractivity (Wildman–Crippen MR) is 78.5 cm³/mol. The summed E-state index contributed by atoms with van der Waals surface area (Å²) in [6.07, 6.45) is 11.1.